The number of ether oxygens (including phenoxy) is 1. The monoisotopic (exact) mass is 533 g/mol. The van der Waals surface area contributed by atoms with E-state index in [2.05, 4.69) is 10.6 Å². The fraction of sp³-hybridized carbons (Fsp3) is 0.444. The molecule has 3 amide bonds. The molecule has 2 rings (SSSR count). The lowest BCUT2D eigenvalue weighted by Gasteiger charge is -2.34. The predicted molar refractivity (Wildman–Crippen MR) is 143 cm³/mol. The molecule has 10 heteroatoms. The molecule has 202 valence electrons. The SMILES string of the molecule is Cc1ccc(C(C(=O)Nc2c(C)cccc2Cl)N(CCO)C(=O)C(CO)NC(=O)OC(C)(C)C)cc1C. The first kappa shape index (κ1) is 30.1. The highest BCUT2D eigenvalue weighted by Crippen LogP contribution is 2.30. The number of carbonyl (C=O) groups excluding carboxylic acids is 3. The van der Waals surface area contributed by atoms with Crippen molar-refractivity contribution in [1.29, 1.82) is 0 Å². The quantitative estimate of drug-likeness (QED) is 0.389. The number of carbonyl (C=O) groups is 3. The van der Waals surface area contributed by atoms with Gasteiger partial charge in [0.2, 0.25) is 5.91 Å². The number of halogens is 1. The van der Waals surface area contributed by atoms with E-state index in [1.165, 1.54) is 0 Å². The summed E-state index contributed by atoms with van der Waals surface area (Å²) in [4.78, 5) is 40.8. The zero-order valence-electron chi connectivity index (χ0n) is 22.1. The Balaban J connectivity index is 2.52. The predicted octanol–water partition coefficient (Wildman–Crippen LogP) is 3.65. The third-order valence-electron chi connectivity index (χ3n) is 5.67. The second-order valence-corrected chi connectivity index (χ2v) is 10.2. The van der Waals surface area contributed by atoms with Crippen molar-refractivity contribution in [2.24, 2.45) is 0 Å². The number of aryl methyl sites for hydroxylation is 3. The number of nitrogens with one attached hydrogen (secondary N) is 2. The molecule has 37 heavy (non-hydrogen) atoms. The molecule has 2 unspecified atom stereocenters. The van der Waals surface area contributed by atoms with Crippen LogP contribution < -0.4 is 10.6 Å². The maximum atomic E-state index is 13.7. The maximum Gasteiger partial charge on any atom is 0.408 e. The summed E-state index contributed by atoms with van der Waals surface area (Å²) >= 11 is 6.33. The van der Waals surface area contributed by atoms with E-state index in [9.17, 15) is 24.6 Å². The van der Waals surface area contributed by atoms with Gasteiger partial charge in [-0.15, -0.1) is 0 Å². The van der Waals surface area contributed by atoms with Gasteiger partial charge in [-0.1, -0.05) is 41.9 Å². The molecular weight excluding hydrogens is 498 g/mol. The van der Waals surface area contributed by atoms with Crippen LogP contribution in [0.4, 0.5) is 10.5 Å². The molecule has 0 saturated carbocycles. The highest BCUT2D eigenvalue weighted by atomic mass is 35.5. The van der Waals surface area contributed by atoms with Crippen LogP contribution in [0.25, 0.3) is 0 Å². The summed E-state index contributed by atoms with van der Waals surface area (Å²) in [6.45, 7) is 9.13. The molecule has 0 bridgehead atoms. The summed E-state index contributed by atoms with van der Waals surface area (Å²) in [6, 6.07) is 7.90. The third kappa shape index (κ3) is 8.18. The Morgan fingerprint density at radius 3 is 2.24 bits per heavy atom. The van der Waals surface area contributed by atoms with Gasteiger partial charge in [0.1, 0.15) is 17.7 Å². The molecule has 0 aromatic heterocycles. The number of para-hydroxylation sites is 1. The highest BCUT2D eigenvalue weighted by Gasteiger charge is 2.36. The van der Waals surface area contributed by atoms with Crippen molar-refractivity contribution >= 4 is 35.2 Å². The van der Waals surface area contributed by atoms with Gasteiger partial charge >= 0.3 is 6.09 Å². The molecule has 2 atom stereocenters. The molecule has 2 aromatic carbocycles. The first-order valence-corrected chi connectivity index (χ1v) is 12.3. The minimum absolute atomic E-state index is 0.238. The molecule has 0 aliphatic heterocycles. The lowest BCUT2D eigenvalue weighted by atomic mass is 9.98. The first-order chi connectivity index (χ1) is 17.3. The van der Waals surface area contributed by atoms with Crippen LogP contribution in [0, 0.1) is 20.8 Å². The van der Waals surface area contributed by atoms with E-state index < -0.39 is 48.8 Å². The van der Waals surface area contributed by atoms with Gasteiger partial charge in [-0.25, -0.2) is 4.79 Å². The number of hydrogen-bond acceptors (Lipinski definition) is 6. The summed E-state index contributed by atoms with van der Waals surface area (Å²) in [5.74, 6) is -1.34. The van der Waals surface area contributed by atoms with E-state index in [0.29, 0.717) is 16.3 Å². The number of aliphatic hydroxyl groups excluding tert-OH is 2. The fourth-order valence-corrected chi connectivity index (χ4v) is 3.97. The van der Waals surface area contributed by atoms with Gasteiger partial charge in [0, 0.05) is 6.54 Å². The van der Waals surface area contributed by atoms with E-state index in [1.807, 2.05) is 19.9 Å². The molecule has 4 N–H and O–H groups in total. The number of nitrogens with zero attached hydrogens (tertiary/aromatic N) is 1. The van der Waals surface area contributed by atoms with Gasteiger partial charge in [-0.3, -0.25) is 9.59 Å². The lowest BCUT2D eigenvalue weighted by Crippen LogP contribution is -2.54. The first-order valence-electron chi connectivity index (χ1n) is 11.9. The van der Waals surface area contributed by atoms with Gasteiger partial charge in [-0.2, -0.15) is 0 Å². The normalized spacial score (nSPS) is 12.9. The van der Waals surface area contributed by atoms with Crippen LogP contribution in [-0.2, 0) is 14.3 Å². The Morgan fingerprint density at radius 1 is 1.03 bits per heavy atom. The Labute approximate surface area is 222 Å². The summed E-state index contributed by atoms with van der Waals surface area (Å²) in [5, 5.41) is 25.2. The van der Waals surface area contributed by atoms with Crippen LogP contribution in [0.3, 0.4) is 0 Å². The number of anilines is 1. The van der Waals surface area contributed by atoms with Crippen molar-refractivity contribution in [3.05, 3.63) is 63.7 Å². The number of aliphatic hydroxyl groups is 2. The minimum atomic E-state index is -1.41. The Hall–Kier alpha value is -3.14. The number of amides is 3. The van der Waals surface area contributed by atoms with Crippen LogP contribution in [0.2, 0.25) is 5.02 Å². The highest BCUT2D eigenvalue weighted by molar-refractivity contribution is 6.34. The second-order valence-electron chi connectivity index (χ2n) is 9.80. The average Bonchev–Trinajstić information content (AvgIpc) is 2.80. The van der Waals surface area contributed by atoms with E-state index in [4.69, 9.17) is 16.3 Å². The topological polar surface area (TPSA) is 128 Å². The molecule has 9 nitrogen and oxygen atoms in total. The van der Waals surface area contributed by atoms with E-state index in [1.54, 1.807) is 58.0 Å². The van der Waals surface area contributed by atoms with Gasteiger partial charge in [0.05, 0.1) is 23.9 Å². The summed E-state index contributed by atoms with van der Waals surface area (Å²) in [6.07, 6.45) is -0.900. The molecule has 0 fully saturated rings. The van der Waals surface area contributed by atoms with E-state index in [0.717, 1.165) is 21.6 Å². The zero-order valence-corrected chi connectivity index (χ0v) is 22.8. The third-order valence-corrected chi connectivity index (χ3v) is 5.99. The van der Waals surface area contributed by atoms with Crippen LogP contribution in [0.1, 0.15) is 49.1 Å². The van der Waals surface area contributed by atoms with Gasteiger partial charge < -0.3 is 30.5 Å². The average molecular weight is 534 g/mol. The minimum Gasteiger partial charge on any atom is -0.444 e. The molecular formula is C27H36ClN3O6. The van der Waals surface area contributed by atoms with Crippen LogP contribution >= 0.6 is 11.6 Å². The second kappa shape index (κ2) is 12.9. The van der Waals surface area contributed by atoms with Gasteiger partial charge in [-0.05, 0) is 69.9 Å². The molecule has 0 aliphatic rings. The largest absolute Gasteiger partial charge is 0.444 e. The Kier molecular flexibility index (Phi) is 10.5. The van der Waals surface area contributed by atoms with Crippen LogP contribution in [0.15, 0.2) is 36.4 Å². The van der Waals surface area contributed by atoms with Crippen LogP contribution in [-0.4, -0.2) is 64.4 Å². The lowest BCUT2D eigenvalue weighted by molar-refractivity contribution is -0.142. The smallest absolute Gasteiger partial charge is 0.408 e. The van der Waals surface area contributed by atoms with Crippen molar-refractivity contribution < 1.29 is 29.3 Å². The van der Waals surface area contributed by atoms with Crippen molar-refractivity contribution in [1.82, 2.24) is 10.2 Å². The molecule has 0 heterocycles. The summed E-state index contributed by atoms with van der Waals surface area (Å²) in [5.41, 5.74) is 2.66. The van der Waals surface area contributed by atoms with E-state index >= 15 is 0 Å². The fourth-order valence-electron chi connectivity index (χ4n) is 3.70. The summed E-state index contributed by atoms with van der Waals surface area (Å²) < 4.78 is 5.21. The maximum absolute atomic E-state index is 13.7. The molecule has 0 aliphatic carbocycles. The number of benzene rings is 2. The standard InChI is InChI=1S/C27H36ClN3O6/c1-16-10-11-19(14-18(16)3)23(24(34)30-22-17(2)8-7-9-20(22)28)31(12-13-32)25(35)21(15-33)29-26(36)37-27(4,5)6/h7-11,14,21,23,32-33H,12-13,15H2,1-6H3,(H,29,36)(H,30,34). The molecule has 0 radical (unpaired) electrons. The summed E-state index contributed by atoms with van der Waals surface area (Å²) in [7, 11) is 0. The van der Waals surface area contributed by atoms with Gasteiger partial charge in [0.15, 0.2) is 0 Å². The van der Waals surface area contributed by atoms with E-state index in [-0.39, 0.29) is 6.54 Å². The van der Waals surface area contributed by atoms with Gasteiger partial charge in [0.25, 0.3) is 5.91 Å². The molecule has 0 saturated heterocycles. The molecule has 2 aromatic rings. The number of alkyl carbamates (subject to hydrolysis) is 1. The zero-order chi connectivity index (χ0) is 27.9. The van der Waals surface area contributed by atoms with Crippen LogP contribution in [0.5, 0.6) is 0 Å². The number of rotatable bonds is 9. The molecule has 0 spiro atoms. The van der Waals surface area contributed by atoms with Crippen molar-refractivity contribution in [3.63, 3.8) is 0 Å². The Bertz CT molecular complexity index is 1110. The Morgan fingerprint density at radius 2 is 1.70 bits per heavy atom. The van der Waals surface area contributed by atoms with Crippen molar-refractivity contribution in [2.75, 3.05) is 25.1 Å². The van der Waals surface area contributed by atoms with Crippen molar-refractivity contribution in [2.45, 2.75) is 59.2 Å². The van der Waals surface area contributed by atoms with Crippen molar-refractivity contribution in [3.8, 4) is 0 Å². The number of hydrogen-bond donors (Lipinski definition) is 4.